The largest absolute Gasteiger partial charge is 0.403 e. The number of nitrogens with one attached hydrogen (secondary N) is 2. The molecule has 0 unspecified atom stereocenters. The van der Waals surface area contributed by atoms with Crippen LogP contribution in [0.1, 0.15) is 10.4 Å². The fourth-order valence-corrected chi connectivity index (χ4v) is 4.36. The van der Waals surface area contributed by atoms with Gasteiger partial charge in [-0.05, 0) is 68.7 Å². The molecule has 2 N–H and O–H groups in total. The van der Waals surface area contributed by atoms with Gasteiger partial charge in [-0.15, -0.1) is 5.10 Å². The molecule has 0 saturated carbocycles. The lowest BCUT2D eigenvalue weighted by atomic mass is 10.1. The summed E-state index contributed by atoms with van der Waals surface area (Å²) in [5, 5.41) is 18.9. The molecule has 13 heteroatoms. The quantitative estimate of drug-likeness (QED) is 0.250. The predicted octanol–water partition coefficient (Wildman–Crippen LogP) is 4.47. The second-order valence-electron chi connectivity index (χ2n) is 9.78. The van der Waals surface area contributed by atoms with E-state index in [0.717, 1.165) is 5.52 Å². The van der Waals surface area contributed by atoms with Gasteiger partial charge in [-0.1, -0.05) is 17.2 Å². The van der Waals surface area contributed by atoms with Gasteiger partial charge in [0.15, 0.2) is 0 Å². The average Bonchev–Trinajstić information content (AvgIpc) is 3.64. The summed E-state index contributed by atoms with van der Waals surface area (Å²) in [4.78, 5) is 35.8. The summed E-state index contributed by atoms with van der Waals surface area (Å²) in [6.07, 6.45) is 6.07. The van der Waals surface area contributed by atoms with Gasteiger partial charge >= 0.3 is 6.01 Å². The van der Waals surface area contributed by atoms with Crippen molar-refractivity contribution in [1.29, 1.82) is 0 Å². The molecule has 6 rings (SSSR count). The molecule has 0 saturated heterocycles. The Morgan fingerprint density at radius 1 is 1.02 bits per heavy atom. The molecule has 0 spiro atoms. The Balaban J connectivity index is 1.22. The van der Waals surface area contributed by atoms with E-state index < -0.39 is 11.8 Å². The minimum Gasteiger partial charge on any atom is -0.403 e. The molecule has 0 aliphatic rings. The SMILES string of the molecule is CN(C)C/C=C/C(=O)Nc1nnc(-c2ccc3ncnc(NC(=O)c4ccc5c(cnn5-c5cccc(F)c5)c4)c3c2)o1. The zero-order valence-corrected chi connectivity index (χ0v) is 23.0. The number of hydrogen-bond donors (Lipinski definition) is 2. The first-order valence-corrected chi connectivity index (χ1v) is 13.1. The minimum atomic E-state index is -0.395. The number of hydrogen-bond acceptors (Lipinski definition) is 9. The van der Waals surface area contributed by atoms with Crippen molar-refractivity contribution in [2.45, 2.75) is 0 Å². The van der Waals surface area contributed by atoms with Crippen LogP contribution in [0.5, 0.6) is 0 Å². The third-order valence-corrected chi connectivity index (χ3v) is 6.39. The van der Waals surface area contributed by atoms with Crippen molar-refractivity contribution in [1.82, 2.24) is 34.8 Å². The van der Waals surface area contributed by atoms with Gasteiger partial charge in [0.25, 0.3) is 11.8 Å². The predicted molar refractivity (Wildman–Crippen MR) is 158 cm³/mol. The molecular formula is C30H24FN9O3. The highest BCUT2D eigenvalue weighted by atomic mass is 19.1. The number of carbonyl (C=O) groups is 2. The standard InChI is InChI=1S/C30H24FN9O3/c1-39(2)12-4-7-26(41)35-30-38-37-29(43-30)19-8-10-24-23(14-19)27(33-17-32-24)36-28(42)18-9-11-25-20(13-18)16-34-40(25)22-6-3-5-21(31)15-22/h3-11,13-17H,12H2,1-2H3,(H,35,38,41)(H,32,33,36,42)/b7-4+. The number of likely N-dealkylation sites (N-methyl/N-ethyl adjacent to an activating group) is 1. The number of amides is 2. The highest BCUT2D eigenvalue weighted by Crippen LogP contribution is 2.28. The van der Waals surface area contributed by atoms with Crippen LogP contribution < -0.4 is 10.6 Å². The van der Waals surface area contributed by atoms with Crippen molar-refractivity contribution in [3.8, 4) is 17.1 Å². The van der Waals surface area contributed by atoms with Crippen LogP contribution in [0.2, 0.25) is 0 Å². The number of halogens is 1. The zero-order valence-electron chi connectivity index (χ0n) is 23.0. The number of anilines is 2. The summed E-state index contributed by atoms with van der Waals surface area (Å²) in [5.41, 5.74) is 2.80. The Morgan fingerprint density at radius 3 is 2.74 bits per heavy atom. The van der Waals surface area contributed by atoms with Crippen molar-refractivity contribution in [2.75, 3.05) is 31.3 Å². The fraction of sp³-hybridized carbons (Fsp3) is 0.100. The average molecular weight is 578 g/mol. The van der Waals surface area contributed by atoms with Crippen LogP contribution in [0.15, 0.2) is 89.8 Å². The van der Waals surface area contributed by atoms with E-state index in [1.54, 1.807) is 65.5 Å². The monoisotopic (exact) mass is 577 g/mol. The van der Waals surface area contributed by atoms with Gasteiger partial charge in [-0.3, -0.25) is 14.9 Å². The van der Waals surface area contributed by atoms with Crippen LogP contribution in [0.3, 0.4) is 0 Å². The molecule has 43 heavy (non-hydrogen) atoms. The van der Waals surface area contributed by atoms with Crippen LogP contribution in [0.25, 0.3) is 38.9 Å². The van der Waals surface area contributed by atoms with E-state index in [-0.39, 0.29) is 23.5 Å². The smallest absolute Gasteiger partial charge is 0.322 e. The number of aromatic nitrogens is 6. The summed E-state index contributed by atoms with van der Waals surface area (Å²) in [5.74, 6) is -0.709. The van der Waals surface area contributed by atoms with Gasteiger partial charge in [0.2, 0.25) is 5.89 Å². The van der Waals surface area contributed by atoms with E-state index in [0.29, 0.717) is 39.6 Å². The topological polar surface area (TPSA) is 144 Å². The van der Waals surface area contributed by atoms with Gasteiger partial charge in [-0.25, -0.2) is 19.0 Å². The lowest BCUT2D eigenvalue weighted by molar-refractivity contribution is -0.112. The molecular weight excluding hydrogens is 553 g/mol. The lowest BCUT2D eigenvalue weighted by Crippen LogP contribution is -2.13. The molecule has 0 aliphatic heterocycles. The first-order valence-electron chi connectivity index (χ1n) is 13.1. The Kier molecular flexibility index (Phi) is 7.37. The van der Waals surface area contributed by atoms with Crippen LogP contribution in [-0.4, -0.2) is 67.3 Å². The molecule has 0 fully saturated rings. The molecule has 0 atom stereocenters. The molecule has 214 valence electrons. The third kappa shape index (κ3) is 5.96. The molecule has 3 aromatic heterocycles. The van der Waals surface area contributed by atoms with Gasteiger partial charge in [0, 0.05) is 34.5 Å². The van der Waals surface area contributed by atoms with E-state index in [4.69, 9.17) is 4.42 Å². The Bertz CT molecular complexity index is 2020. The first-order chi connectivity index (χ1) is 20.8. The summed E-state index contributed by atoms with van der Waals surface area (Å²) < 4.78 is 21.0. The lowest BCUT2D eigenvalue weighted by Gasteiger charge is -2.09. The number of fused-ring (bicyclic) bond motifs is 2. The summed E-state index contributed by atoms with van der Waals surface area (Å²) in [7, 11) is 3.79. The number of nitrogens with zero attached hydrogens (tertiary/aromatic N) is 7. The highest BCUT2D eigenvalue weighted by Gasteiger charge is 2.16. The third-order valence-electron chi connectivity index (χ3n) is 6.39. The van der Waals surface area contributed by atoms with Gasteiger partial charge in [0.1, 0.15) is 18.0 Å². The second kappa shape index (κ2) is 11.6. The van der Waals surface area contributed by atoms with E-state index in [9.17, 15) is 14.0 Å². The van der Waals surface area contributed by atoms with E-state index in [2.05, 4.69) is 35.9 Å². The maximum atomic E-state index is 13.7. The van der Waals surface area contributed by atoms with Crippen molar-refractivity contribution in [3.05, 3.63) is 96.7 Å². The Labute approximate surface area is 243 Å². The van der Waals surface area contributed by atoms with Crippen molar-refractivity contribution < 1.29 is 18.4 Å². The normalized spacial score (nSPS) is 11.5. The summed E-state index contributed by atoms with van der Waals surface area (Å²) in [6, 6.07) is 16.4. The highest BCUT2D eigenvalue weighted by molar-refractivity contribution is 6.09. The van der Waals surface area contributed by atoms with Crippen molar-refractivity contribution in [2.24, 2.45) is 0 Å². The van der Waals surface area contributed by atoms with Gasteiger partial charge < -0.3 is 14.6 Å². The molecule has 2 amide bonds. The van der Waals surface area contributed by atoms with Gasteiger partial charge in [-0.2, -0.15) is 5.10 Å². The molecule has 0 bridgehead atoms. The molecule has 6 aromatic rings. The van der Waals surface area contributed by atoms with E-state index >= 15 is 0 Å². The van der Waals surface area contributed by atoms with Crippen molar-refractivity contribution >= 4 is 45.5 Å². The summed E-state index contributed by atoms with van der Waals surface area (Å²) >= 11 is 0. The van der Waals surface area contributed by atoms with Crippen LogP contribution in [0.4, 0.5) is 16.2 Å². The first kappa shape index (κ1) is 27.4. The van der Waals surface area contributed by atoms with Crippen LogP contribution >= 0.6 is 0 Å². The maximum absolute atomic E-state index is 13.7. The minimum absolute atomic E-state index is 0.0523. The molecule has 0 radical (unpaired) electrons. The second-order valence-corrected chi connectivity index (χ2v) is 9.78. The van der Waals surface area contributed by atoms with Gasteiger partial charge in [0.05, 0.1) is 22.9 Å². The van der Waals surface area contributed by atoms with Crippen LogP contribution in [-0.2, 0) is 4.79 Å². The van der Waals surface area contributed by atoms with E-state index in [1.807, 2.05) is 19.0 Å². The number of benzene rings is 3. The number of rotatable bonds is 8. The fourth-order valence-electron chi connectivity index (χ4n) is 4.36. The van der Waals surface area contributed by atoms with Crippen LogP contribution in [0, 0.1) is 5.82 Å². The molecule has 0 aliphatic carbocycles. The Morgan fingerprint density at radius 2 is 1.91 bits per heavy atom. The zero-order chi connectivity index (χ0) is 29.9. The molecule has 3 aromatic carbocycles. The molecule has 3 heterocycles. The maximum Gasteiger partial charge on any atom is 0.322 e. The van der Waals surface area contributed by atoms with E-state index in [1.165, 1.54) is 24.5 Å². The molecule has 12 nitrogen and oxygen atoms in total. The number of carbonyl (C=O) groups excluding carboxylic acids is 2. The Hall–Kier alpha value is -5.82. The summed E-state index contributed by atoms with van der Waals surface area (Å²) in [6.45, 7) is 0.608. The van der Waals surface area contributed by atoms with Crippen molar-refractivity contribution in [3.63, 3.8) is 0 Å².